The van der Waals surface area contributed by atoms with Gasteiger partial charge in [-0.3, -0.25) is 0 Å². The Kier molecular flexibility index (Phi) is 6.21. The van der Waals surface area contributed by atoms with Crippen LogP contribution in [0.5, 0.6) is 0 Å². The van der Waals surface area contributed by atoms with E-state index in [4.69, 9.17) is 21.1 Å². The van der Waals surface area contributed by atoms with Gasteiger partial charge in [0.2, 0.25) is 0 Å². The Balaban J connectivity index is 2.18. The van der Waals surface area contributed by atoms with Crippen molar-refractivity contribution in [3.8, 4) is 0 Å². The second kappa shape index (κ2) is 7.92. The molecule has 1 aromatic heterocycles. The molecule has 1 unspecified atom stereocenters. The minimum absolute atomic E-state index is 0.389. The quantitative estimate of drug-likeness (QED) is 0.656. The molecule has 0 aromatic carbocycles. The lowest BCUT2D eigenvalue weighted by molar-refractivity contribution is 0.128. The summed E-state index contributed by atoms with van der Waals surface area (Å²) in [6.45, 7) is 6.68. The van der Waals surface area contributed by atoms with Crippen LogP contribution in [-0.2, 0) is 16.1 Å². The van der Waals surface area contributed by atoms with Crippen LogP contribution in [0.2, 0.25) is 5.15 Å². The second-order valence-corrected chi connectivity index (χ2v) is 5.75. The molecule has 0 saturated heterocycles. The van der Waals surface area contributed by atoms with Gasteiger partial charge >= 0.3 is 0 Å². The summed E-state index contributed by atoms with van der Waals surface area (Å²) in [5.41, 5.74) is 0. The fourth-order valence-corrected chi connectivity index (χ4v) is 2.60. The van der Waals surface area contributed by atoms with E-state index in [2.05, 4.69) is 21.8 Å². The van der Waals surface area contributed by atoms with E-state index >= 15 is 0 Å². The molecule has 1 saturated carbocycles. The predicted octanol–water partition coefficient (Wildman–Crippen LogP) is 2.92. The minimum atomic E-state index is 0.389. The average Bonchev–Trinajstić information content (AvgIpc) is 3.29. The van der Waals surface area contributed by atoms with Crippen molar-refractivity contribution in [1.29, 1.82) is 0 Å². The lowest BCUT2D eigenvalue weighted by Crippen LogP contribution is -2.38. The zero-order valence-corrected chi connectivity index (χ0v) is 13.8. The van der Waals surface area contributed by atoms with Crippen molar-refractivity contribution in [2.45, 2.75) is 39.3 Å². The van der Waals surface area contributed by atoms with E-state index in [1.54, 1.807) is 7.11 Å². The van der Waals surface area contributed by atoms with E-state index in [0.717, 1.165) is 18.3 Å². The number of rotatable bonds is 9. The maximum Gasteiger partial charge on any atom is 0.158 e. The molecule has 6 heteroatoms. The molecule has 1 heterocycles. The third-order valence-corrected chi connectivity index (χ3v) is 3.98. The lowest BCUT2D eigenvalue weighted by atomic mass is 10.2. The molecule has 1 fully saturated rings. The van der Waals surface area contributed by atoms with Gasteiger partial charge in [0.1, 0.15) is 17.6 Å². The molecule has 0 spiro atoms. The summed E-state index contributed by atoms with van der Waals surface area (Å²) in [6, 6.07) is 2.26. The van der Waals surface area contributed by atoms with Crippen LogP contribution in [0, 0.1) is 5.92 Å². The van der Waals surface area contributed by atoms with Crippen molar-refractivity contribution in [2.75, 3.05) is 31.8 Å². The topological polar surface area (TPSA) is 47.5 Å². The highest BCUT2D eigenvalue weighted by molar-refractivity contribution is 6.29. The molecule has 0 bridgehead atoms. The molecule has 0 N–H and O–H groups in total. The Morgan fingerprint density at radius 2 is 2.19 bits per heavy atom. The highest BCUT2D eigenvalue weighted by Crippen LogP contribution is 2.36. The molecular formula is C15H24ClN3O2. The second-order valence-electron chi connectivity index (χ2n) is 5.37. The van der Waals surface area contributed by atoms with Crippen molar-refractivity contribution in [2.24, 2.45) is 5.92 Å². The van der Waals surface area contributed by atoms with Crippen molar-refractivity contribution in [3.05, 3.63) is 17.0 Å². The summed E-state index contributed by atoms with van der Waals surface area (Å²) >= 11 is 6.14. The van der Waals surface area contributed by atoms with Crippen molar-refractivity contribution < 1.29 is 9.47 Å². The number of aromatic nitrogens is 2. The van der Waals surface area contributed by atoms with Crippen LogP contribution in [0.4, 0.5) is 5.82 Å². The van der Waals surface area contributed by atoms with Crippen LogP contribution in [0.3, 0.4) is 0 Å². The van der Waals surface area contributed by atoms with Gasteiger partial charge in [-0.15, -0.1) is 0 Å². The smallest absolute Gasteiger partial charge is 0.158 e. The van der Waals surface area contributed by atoms with Crippen LogP contribution >= 0.6 is 11.6 Å². The maximum absolute atomic E-state index is 6.14. The summed E-state index contributed by atoms with van der Waals surface area (Å²) in [5, 5.41) is 0.458. The third-order valence-electron chi connectivity index (χ3n) is 3.79. The molecule has 1 atom stereocenters. The lowest BCUT2D eigenvalue weighted by Gasteiger charge is -2.30. The number of nitrogens with zero attached hydrogens (tertiary/aromatic N) is 3. The third kappa shape index (κ3) is 4.80. The number of methoxy groups -OCH3 is 1. The Labute approximate surface area is 131 Å². The van der Waals surface area contributed by atoms with Gasteiger partial charge in [-0.2, -0.15) is 0 Å². The highest BCUT2D eigenvalue weighted by Gasteiger charge is 2.32. The van der Waals surface area contributed by atoms with Gasteiger partial charge < -0.3 is 14.4 Å². The number of hydrogen-bond acceptors (Lipinski definition) is 5. The van der Waals surface area contributed by atoms with Gasteiger partial charge in [0.25, 0.3) is 0 Å². The largest absolute Gasteiger partial charge is 0.383 e. The van der Waals surface area contributed by atoms with Crippen LogP contribution in [0.1, 0.15) is 32.5 Å². The van der Waals surface area contributed by atoms with Gasteiger partial charge in [0.15, 0.2) is 5.82 Å². The molecule has 1 aliphatic carbocycles. The van der Waals surface area contributed by atoms with E-state index in [0.29, 0.717) is 36.8 Å². The molecule has 0 amide bonds. The summed E-state index contributed by atoms with van der Waals surface area (Å²) in [7, 11) is 1.72. The molecule has 21 heavy (non-hydrogen) atoms. The molecule has 2 rings (SSSR count). The average molecular weight is 314 g/mol. The predicted molar refractivity (Wildman–Crippen MR) is 83.8 cm³/mol. The first-order valence-electron chi connectivity index (χ1n) is 7.52. The Hall–Kier alpha value is -0.910. The first kappa shape index (κ1) is 16.5. The molecule has 118 valence electrons. The van der Waals surface area contributed by atoms with E-state index in [1.165, 1.54) is 12.8 Å². The van der Waals surface area contributed by atoms with Crippen LogP contribution < -0.4 is 4.90 Å². The van der Waals surface area contributed by atoms with Crippen molar-refractivity contribution in [1.82, 2.24) is 9.97 Å². The number of ether oxygens (including phenoxy) is 2. The molecule has 0 aliphatic heterocycles. The summed E-state index contributed by atoms with van der Waals surface area (Å²) in [5.74, 6) is 2.23. The normalized spacial score (nSPS) is 16.0. The van der Waals surface area contributed by atoms with Gasteiger partial charge in [0, 0.05) is 32.4 Å². The fourth-order valence-electron chi connectivity index (χ4n) is 2.41. The van der Waals surface area contributed by atoms with Crippen LogP contribution in [-0.4, -0.2) is 42.9 Å². The zero-order chi connectivity index (χ0) is 15.2. The number of hydrogen-bond donors (Lipinski definition) is 0. The number of anilines is 1. The first-order valence-corrected chi connectivity index (χ1v) is 7.90. The summed E-state index contributed by atoms with van der Waals surface area (Å²) in [6.07, 6.45) is 2.57. The fraction of sp³-hybridized carbons (Fsp3) is 0.733. The maximum atomic E-state index is 6.14. The van der Waals surface area contributed by atoms with E-state index in [9.17, 15) is 0 Å². The summed E-state index contributed by atoms with van der Waals surface area (Å²) in [4.78, 5) is 11.1. The minimum Gasteiger partial charge on any atom is -0.383 e. The van der Waals surface area contributed by atoms with Crippen LogP contribution in [0.25, 0.3) is 0 Å². The van der Waals surface area contributed by atoms with Gasteiger partial charge in [-0.05, 0) is 32.6 Å². The Bertz CT molecular complexity index is 455. The first-order chi connectivity index (χ1) is 10.2. The van der Waals surface area contributed by atoms with Crippen molar-refractivity contribution >= 4 is 17.4 Å². The molecule has 1 aromatic rings. The van der Waals surface area contributed by atoms with Gasteiger partial charge in [-0.1, -0.05) is 11.6 Å². The summed E-state index contributed by atoms with van der Waals surface area (Å²) < 4.78 is 10.6. The standard InChI is InChI=1S/C15H24ClN3O2/c1-4-21-10-14-17-13(16)9-15(18-14)19(7-8-20-3)11(2)12-5-6-12/h9,11-12H,4-8,10H2,1-3H3. The van der Waals surface area contributed by atoms with E-state index < -0.39 is 0 Å². The zero-order valence-electron chi connectivity index (χ0n) is 13.0. The Morgan fingerprint density at radius 1 is 1.43 bits per heavy atom. The SMILES string of the molecule is CCOCc1nc(Cl)cc(N(CCOC)C(C)C2CC2)n1. The Morgan fingerprint density at radius 3 is 2.81 bits per heavy atom. The molecule has 0 radical (unpaired) electrons. The van der Waals surface area contributed by atoms with Crippen LogP contribution in [0.15, 0.2) is 6.07 Å². The van der Waals surface area contributed by atoms with Crippen molar-refractivity contribution in [3.63, 3.8) is 0 Å². The monoisotopic (exact) mass is 313 g/mol. The molecular weight excluding hydrogens is 290 g/mol. The van der Waals surface area contributed by atoms with Gasteiger partial charge in [0.05, 0.1) is 6.61 Å². The highest BCUT2D eigenvalue weighted by atomic mass is 35.5. The molecule has 1 aliphatic rings. The van der Waals surface area contributed by atoms with Gasteiger partial charge in [-0.25, -0.2) is 9.97 Å². The molecule has 5 nitrogen and oxygen atoms in total. The number of halogens is 1. The van der Waals surface area contributed by atoms with E-state index in [-0.39, 0.29) is 0 Å². The van der Waals surface area contributed by atoms with E-state index in [1.807, 2.05) is 13.0 Å².